The lowest BCUT2D eigenvalue weighted by Gasteiger charge is -1.96. The van der Waals surface area contributed by atoms with E-state index in [2.05, 4.69) is 16.8 Å². The van der Waals surface area contributed by atoms with Crippen molar-refractivity contribution in [1.82, 2.24) is 4.98 Å². The predicted molar refractivity (Wildman–Crippen MR) is 67.7 cm³/mol. The van der Waals surface area contributed by atoms with Gasteiger partial charge >= 0.3 is 5.69 Å². The largest absolute Gasteiger partial charge is 0.378 e. The Labute approximate surface area is 103 Å². The Bertz CT molecular complexity index is 642. The van der Waals surface area contributed by atoms with Crippen LogP contribution in [0.5, 0.6) is 0 Å². The molecule has 0 spiro atoms. The van der Waals surface area contributed by atoms with Crippen molar-refractivity contribution in [3.8, 4) is 11.8 Å². The lowest BCUT2D eigenvalue weighted by atomic mass is 10.2. The summed E-state index contributed by atoms with van der Waals surface area (Å²) in [5.74, 6) is 5.58. The van der Waals surface area contributed by atoms with Gasteiger partial charge in [0.1, 0.15) is 5.69 Å². The molecule has 0 atom stereocenters. The number of benzene rings is 1. The van der Waals surface area contributed by atoms with Gasteiger partial charge < -0.3 is 5.73 Å². The summed E-state index contributed by atoms with van der Waals surface area (Å²) in [4.78, 5) is 13.9. The second-order valence-corrected chi connectivity index (χ2v) is 3.47. The summed E-state index contributed by atoms with van der Waals surface area (Å²) in [6, 6.07) is 12.2. The molecule has 0 fully saturated rings. The Morgan fingerprint density at radius 1 is 1.11 bits per heavy atom. The van der Waals surface area contributed by atoms with Gasteiger partial charge in [-0.3, -0.25) is 10.1 Å². The minimum absolute atomic E-state index is 0.125. The van der Waals surface area contributed by atoms with Crippen LogP contribution in [0.1, 0.15) is 11.3 Å². The van der Waals surface area contributed by atoms with Crippen molar-refractivity contribution in [3.05, 3.63) is 63.8 Å². The van der Waals surface area contributed by atoms with Crippen molar-refractivity contribution in [2.75, 3.05) is 5.73 Å². The fourth-order valence-electron chi connectivity index (χ4n) is 1.35. The highest BCUT2D eigenvalue weighted by Crippen LogP contribution is 2.17. The van der Waals surface area contributed by atoms with Gasteiger partial charge in [0.05, 0.1) is 4.92 Å². The number of hydrogen-bond acceptors (Lipinski definition) is 4. The van der Waals surface area contributed by atoms with Crippen LogP contribution in [0, 0.1) is 22.0 Å². The molecule has 0 aliphatic rings. The van der Waals surface area contributed by atoms with E-state index in [-0.39, 0.29) is 11.5 Å². The van der Waals surface area contributed by atoms with Crippen molar-refractivity contribution in [2.24, 2.45) is 0 Å². The maximum Gasteiger partial charge on any atom is 0.311 e. The van der Waals surface area contributed by atoms with Crippen LogP contribution in [0.4, 0.5) is 11.5 Å². The van der Waals surface area contributed by atoms with E-state index >= 15 is 0 Å². The van der Waals surface area contributed by atoms with Gasteiger partial charge in [0.25, 0.3) is 0 Å². The fourth-order valence-corrected chi connectivity index (χ4v) is 1.35. The SMILES string of the molecule is Nc1nc(C#Cc2ccccc2)ccc1[N+](=O)[O-]. The molecule has 0 saturated heterocycles. The molecule has 88 valence electrons. The molecular weight excluding hydrogens is 230 g/mol. The molecule has 2 aromatic rings. The number of nitro groups is 1. The van der Waals surface area contributed by atoms with Crippen LogP contribution in [0.2, 0.25) is 0 Å². The molecular formula is C13H9N3O2. The Kier molecular flexibility index (Phi) is 3.21. The third kappa shape index (κ3) is 2.62. The number of rotatable bonds is 1. The lowest BCUT2D eigenvalue weighted by molar-refractivity contribution is -0.384. The first kappa shape index (κ1) is 11.6. The van der Waals surface area contributed by atoms with Crippen LogP contribution in [0.25, 0.3) is 0 Å². The molecule has 0 bridgehead atoms. The van der Waals surface area contributed by atoms with Crippen molar-refractivity contribution in [1.29, 1.82) is 0 Å². The van der Waals surface area contributed by atoms with E-state index < -0.39 is 4.92 Å². The molecule has 0 aliphatic carbocycles. The van der Waals surface area contributed by atoms with Gasteiger partial charge in [-0.15, -0.1) is 0 Å². The summed E-state index contributed by atoms with van der Waals surface area (Å²) in [5, 5.41) is 10.6. The van der Waals surface area contributed by atoms with Crippen molar-refractivity contribution in [2.45, 2.75) is 0 Å². The monoisotopic (exact) mass is 239 g/mol. The third-order valence-corrected chi connectivity index (χ3v) is 2.21. The van der Waals surface area contributed by atoms with Crippen molar-refractivity contribution < 1.29 is 4.92 Å². The first-order valence-electron chi connectivity index (χ1n) is 5.15. The zero-order valence-electron chi connectivity index (χ0n) is 9.33. The van der Waals surface area contributed by atoms with Crippen molar-refractivity contribution >= 4 is 11.5 Å². The smallest absolute Gasteiger partial charge is 0.311 e. The standard InChI is InChI=1S/C13H9N3O2/c14-13-12(16(17)18)9-8-11(15-13)7-6-10-4-2-1-3-5-10/h1-5,8-9H,(H2,14,15). The van der Waals surface area contributed by atoms with Gasteiger partial charge in [0, 0.05) is 11.6 Å². The van der Waals surface area contributed by atoms with Gasteiger partial charge in [-0.2, -0.15) is 0 Å². The third-order valence-electron chi connectivity index (χ3n) is 2.21. The second kappa shape index (κ2) is 4.97. The van der Waals surface area contributed by atoms with Crippen LogP contribution >= 0.6 is 0 Å². The molecule has 1 aromatic carbocycles. The predicted octanol–water partition coefficient (Wildman–Crippen LogP) is 1.97. The Morgan fingerprint density at radius 2 is 1.83 bits per heavy atom. The molecule has 2 rings (SSSR count). The number of pyridine rings is 1. The molecule has 0 aliphatic heterocycles. The van der Waals surface area contributed by atoms with Crippen LogP contribution in [0.3, 0.4) is 0 Å². The van der Waals surface area contributed by atoms with Crippen LogP contribution in [-0.2, 0) is 0 Å². The summed E-state index contributed by atoms with van der Waals surface area (Å²) in [7, 11) is 0. The lowest BCUT2D eigenvalue weighted by Crippen LogP contribution is -1.99. The maximum absolute atomic E-state index is 10.6. The van der Waals surface area contributed by atoms with Gasteiger partial charge in [-0.1, -0.05) is 24.1 Å². The van der Waals surface area contributed by atoms with E-state index in [9.17, 15) is 10.1 Å². The Hall–Kier alpha value is -2.87. The highest BCUT2D eigenvalue weighted by atomic mass is 16.6. The minimum atomic E-state index is -0.573. The van der Waals surface area contributed by atoms with E-state index in [0.717, 1.165) is 5.56 Å². The molecule has 0 radical (unpaired) electrons. The number of nitrogens with two attached hydrogens (primary N) is 1. The zero-order chi connectivity index (χ0) is 13.0. The first-order valence-corrected chi connectivity index (χ1v) is 5.15. The Balaban J connectivity index is 2.29. The van der Waals surface area contributed by atoms with Crippen LogP contribution < -0.4 is 5.73 Å². The molecule has 1 aromatic heterocycles. The topological polar surface area (TPSA) is 82.0 Å². The first-order chi connectivity index (χ1) is 8.66. The molecule has 0 unspecified atom stereocenters. The second-order valence-electron chi connectivity index (χ2n) is 3.47. The number of nitrogen functional groups attached to an aromatic ring is 1. The highest BCUT2D eigenvalue weighted by Gasteiger charge is 2.11. The fraction of sp³-hybridized carbons (Fsp3) is 0. The van der Waals surface area contributed by atoms with Crippen LogP contribution in [-0.4, -0.2) is 9.91 Å². The average molecular weight is 239 g/mol. The number of aromatic nitrogens is 1. The minimum Gasteiger partial charge on any atom is -0.378 e. The molecule has 5 nitrogen and oxygen atoms in total. The quantitative estimate of drug-likeness (QED) is 0.468. The van der Waals surface area contributed by atoms with E-state index in [1.807, 2.05) is 30.3 Å². The summed E-state index contributed by atoms with van der Waals surface area (Å²) in [6.45, 7) is 0. The summed E-state index contributed by atoms with van der Waals surface area (Å²) >= 11 is 0. The van der Waals surface area contributed by atoms with E-state index in [1.54, 1.807) is 0 Å². The van der Waals surface area contributed by atoms with Gasteiger partial charge in [-0.25, -0.2) is 4.98 Å². The normalized spacial score (nSPS) is 9.33. The molecule has 0 amide bonds. The summed E-state index contributed by atoms with van der Waals surface area (Å²) in [6.07, 6.45) is 0. The Morgan fingerprint density at radius 3 is 2.44 bits per heavy atom. The number of hydrogen-bond donors (Lipinski definition) is 1. The summed E-state index contributed by atoms with van der Waals surface area (Å²) < 4.78 is 0. The van der Waals surface area contributed by atoms with Gasteiger partial charge in [0.2, 0.25) is 5.82 Å². The molecule has 2 N–H and O–H groups in total. The highest BCUT2D eigenvalue weighted by molar-refractivity contribution is 5.54. The average Bonchev–Trinajstić information content (AvgIpc) is 2.37. The van der Waals surface area contributed by atoms with Crippen molar-refractivity contribution in [3.63, 3.8) is 0 Å². The molecule has 0 saturated carbocycles. The molecule has 18 heavy (non-hydrogen) atoms. The van der Waals surface area contributed by atoms with E-state index in [4.69, 9.17) is 5.73 Å². The maximum atomic E-state index is 10.6. The molecule has 5 heteroatoms. The summed E-state index contributed by atoms with van der Waals surface area (Å²) in [5.41, 5.74) is 6.51. The van der Waals surface area contributed by atoms with Gasteiger partial charge in [-0.05, 0) is 24.1 Å². The number of nitrogens with zero attached hydrogens (tertiary/aromatic N) is 2. The van der Waals surface area contributed by atoms with E-state index in [0.29, 0.717) is 5.69 Å². The van der Waals surface area contributed by atoms with Crippen LogP contribution in [0.15, 0.2) is 42.5 Å². The zero-order valence-corrected chi connectivity index (χ0v) is 9.33. The van der Waals surface area contributed by atoms with Gasteiger partial charge in [0.15, 0.2) is 0 Å². The van der Waals surface area contributed by atoms with E-state index in [1.165, 1.54) is 12.1 Å². The molecule has 1 heterocycles. The number of anilines is 1.